The maximum Gasteiger partial charge on any atom is 0.297 e. The molecular formula is C19H16ClN3O3. The molecule has 6 nitrogen and oxygen atoms in total. The van der Waals surface area contributed by atoms with Crippen LogP contribution in [-0.2, 0) is 6.54 Å². The molecule has 0 bridgehead atoms. The predicted octanol–water partition coefficient (Wildman–Crippen LogP) is 3.27. The molecule has 0 spiro atoms. The largest absolute Gasteiger partial charge is 0.486 e. The summed E-state index contributed by atoms with van der Waals surface area (Å²) in [5.74, 6) is 1.56. The van der Waals surface area contributed by atoms with E-state index in [9.17, 15) is 4.79 Å². The Morgan fingerprint density at radius 3 is 2.77 bits per heavy atom. The third-order valence-corrected chi connectivity index (χ3v) is 4.42. The maximum atomic E-state index is 12.8. The van der Waals surface area contributed by atoms with Crippen molar-refractivity contribution in [1.82, 2.24) is 9.55 Å². The molecule has 3 aromatic rings. The van der Waals surface area contributed by atoms with Gasteiger partial charge < -0.3 is 14.8 Å². The number of anilines is 1. The Hall–Kier alpha value is -2.99. The molecule has 4 rings (SSSR count). The minimum absolute atomic E-state index is 0.252. The van der Waals surface area contributed by atoms with Gasteiger partial charge >= 0.3 is 0 Å². The monoisotopic (exact) mass is 369 g/mol. The molecule has 0 atom stereocenters. The molecule has 1 aromatic heterocycles. The summed E-state index contributed by atoms with van der Waals surface area (Å²) in [5.41, 5.74) is 1.32. The summed E-state index contributed by atoms with van der Waals surface area (Å²) >= 11 is 6.16. The number of halogens is 1. The Balaban J connectivity index is 1.62. The topological polar surface area (TPSA) is 65.4 Å². The van der Waals surface area contributed by atoms with Gasteiger partial charge in [0, 0.05) is 30.0 Å². The number of ether oxygens (including phenoxy) is 2. The van der Waals surface area contributed by atoms with Gasteiger partial charge in [-0.05, 0) is 23.8 Å². The summed E-state index contributed by atoms with van der Waals surface area (Å²) < 4.78 is 12.6. The Morgan fingerprint density at radius 1 is 1.12 bits per heavy atom. The molecule has 0 amide bonds. The van der Waals surface area contributed by atoms with Crippen molar-refractivity contribution in [3.8, 4) is 17.2 Å². The summed E-state index contributed by atoms with van der Waals surface area (Å²) in [5, 5.41) is 3.70. The number of benzene rings is 2. The number of hydrogen-bond acceptors (Lipinski definition) is 5. The van der Waals surface area contributed by atoms with E-state index in [0.29, 0.717) is 42.0 Å². The van der Waals surface area contributed by atoms with E-state index in [2.05, 4.69) is 10.3 Å². The van der Waals surface area contributed by atoms with Gasteiger partial charge in [-0.25, -0.2) is 4.98 Å². The van der Waals surface area contributed by atoms with Crippen LogP contribution in [0.3, 0.4) is 0 Å². The SMILES string of the molecule is O=c1c(NCc2ccccc2Cl)nccn1-c1ccc2c(c1)OCCO2. The van der Waals surface area contributed by atoms with Crippen molar-refractivity contribution in [2.75, 3.05) is 18.5 Å². The van der Waals surface area contributed by atoms with Crippen molar-refractivity contribution in [2.45, 2.75) is 6.54 Å². The lowest BCUT2D eigenvalue weighted by molar-refractivity contribution is 0.171. The molecule has 26 heavy (non-hydrogen) atoms. The fraction of sp³-hybridized carbons (Fsp3) is 0.158. The van der Waals surface area contributed by atoms with E-state index >= 15 is 0 Å². The highest BCUT2D eigenvalue weighted by Crippen LogP contribution is 2.31. The third kappa shape index (κ3) is 3.23. The third-order valence-electron chi connectivity index (χ3n) is 4.05. The van der Waals surface area contributed by atoms with Crippen molar-refractivity contribution < 1.29 is 9.47 Å². The lowest BCUT2D eigenvalue weighted by atomic mass is 10.2. The number of hydrogen-bond donors (Lipinski definition) is 1. The number of nitrogens with one attached hydrogen (secondary N) is 1. The minimum atomic E-state index is -0.253. The Kier molecular flexibility index (Phi) is 4.50. The van der Waals surface area contributed by atoms with Crippen LogP contribution in [0.2, 0.25) is 5.02 Å². The van der Waals surface area contributed by atoms with Crippen LogP contribution in [0.1, 0.15) is 5.56 Å². The van der Waals surface area contributed by atoms with Crippen LogP contribution in [0.15, 0.2) is 59.7 Å². The minimum Gasteiger partial charge on any atom is -0.486 e. The van der Waals surface area contributed by atoms with E-state index in [1.165, 1.54) is 4.57 Å². The van der Waals surface area contributed by atoms with Crippen molar-refractivity contribution in [3.63, 3.8) is 0 Å². The highest BCUT2D eigenvalue weighted by Gasteiger charge is 2.14. The zero-order chi connectivity index (χ0) is 17.9. The van der Waals surface area contributed by atoms with E-state index in [0.717, 1.165) is 5.56 Å². The van der Waals surface area contributed by atoms with Crippen molar-refractivity contribution in [1.29, 1.82) is 0 Å². The van der Waals surface area contributed by atoms with Crippen molar-refractivity contribution in [3.05, 3.63) is 75.8 Å². The van der Waals surface area contributed by atoms with Gasteiger partial charge in [0.05, 0.1) is 5.69 Å². The summed E-state index contributed by atoms with van der Waals surface area (Å²) in [7, 11) is 0. The second-order valence-electron chi connectivity index (χ2n) is 5.72. The predicted molar refractivity (Wildman–Crippen MR) is 99.6 cm³/mol. The molecular weight excluding hydrogens is 354 g/mol. The van der Waals surface area contributed by atoms with Crippen LogP contribution in [-0.4, -0.2) is 22.8 Å². The molecule has 0 radical (unpaired) electrons. The fourth-order valence-corrected chi connectivity index (χ4v) is 2.94. The first-order chi connectivity index (χ1) is 12.7. The van der Waals surface area contributed by atoms with Gasteiger partial charge in [0.25, 0.3) is 5.56 Å². The highest BCUT2D eigenvalue weighted by molar-refractivity contribution is 6.31. The second-order valence-corrected chi connectivity index (χ2v) is 6.13. The number of fused-ring (bicyclic) bond motifs is 1. The number of nitrogens with zero attached hydrogens (tertiary/aromatic N) is 2. The zero-order valence-electron chi connectivity index (χ0n) is 13.8. The first-order valence-corrected chi connectivity index (χ1v) is 8.55. The molecule has 0 saturated carbocycles. The van der Waals surface area contributed by atoms with Crippen LogP contribution < -0.4 is 20.3 Å². The summed E-state index contributed by atoms with van der Waals surface area (Å²) in [4.78, 5) is 16.9. The van der Waals surface area contributed by atoms with Gasteiger partial charge in [0.15, 0.2) is 17.3 Å². The molecule has 1 aliphatic heterocycles. The number of aromatic nitrogens is 2. The second kappa shape index (κ2) is 7.09. The highest BCUT2D eigenvalue weighted by atomic mass is 35.5. The Morgan fingerprint density at radius 2 is 1.92 bits per heavy atom. The molecule has 0 aliphatic carbocycles. The van der Waals surface area contributed by atoms with Gasteiger partial charge in [0.2, 0.25) is 0 Å². The molecule has 2 aromatic carbocycles. The molecule has 0 unspecified atom stereocenters. The van der Waals surface area contributed by atoms with Crippen molar-refractivity contribution in [2.24, 2.45) is 0 Å². The summed E-state index contributed by atoms with van der Waals surface area (Å²) in [6.45, 7) is 1.43. The molecule has 132 valence electrons. The first-order valence-electron chi connectivity index (χ1n) is 8.17. The van der Waals surface area contributed by atoms with Gasteiger partial charge in [0.1, 0.15) is 13.2 Å². The summed E-state index contributed by atoms with van der Waals surface area (Å²) in [6.07, 6.45) is 3.20. The average Bonchev–Trinajstić information content (AvgIpc) is 2.68. The van der Waals surface area contributed by atoms with Crippen LogP contribution in [0.25, 0.3) is 5.69 Å². The van der Waals surface area contributed by atoms with E-state index in [1.807, 2.05) is 30.3 Å². The standard InChI is InChI=1S/C19H16ClN3O3/c20-15-4-2-1-3-13(15)12-22-18-19(24)23(8-7-21-18)14-5-6-16-17(11-14)26-10-9-25-16/h1-8,11H,9-10,12H2,(H,21,22). The maximum absolute atomic E-state index is 12.8. The lowest BCUT2D eigenvalue weighted by Crippen LogP contribution is -2.23. The molecule has 7 heteroatoms. The summed E-state index contributed by atoms with van der Waals surface area (Å²) in [6, 6.07) is 12.9. The smallest absolute Gasteiger partial charge is 0.297 e. The fourth-order valence-electron chi connectivity index (χ4n) is 2.74. The molecule has 1 aliphatic rings. The van der Waals surface area contributed by atoms with E-state index < -0.39 is 0 Å². The van der Waals surface area contributed by atoms with E-state index in [-0.39, 0.29) is 11.4 Å². The molecule has 0 saturated heterocycles. The van der Waals surface area contributed by atoms with Crippen LogP contribution in [0.4, 0.5) is 5.82 Å². The van der Waals surface area contributed by atoms with Crippen molar-refractivity contribution >= 4 is 17.4 Å². The van der Waals surface area contributed by atoms with Gasteiger partial charge in [-0.3, -0.25) is 9.36 Å². The van der Waals surface area contributed by atoms with Gasteiger partial charge in [-0.15, -0.1) is 0 Å². The Bertz CT molecular complexity index is 1000. The first kappa shape index (κ1) is 16.5. The van der Waals surface area contributed by atoms with Gasteiger partial charge in [-0.2, -0.15) is 0 Å². The van der Waals surface area contributed by atoms with Gasteiger partial charge in [-0.1, -0.05) is 29.8 Å². The molecule has 2 heterocycles. The van der Waals surface area contributed by atoms with Crippen LogP contribution in [0, 0.1) is 0 Å². The van der Waals surface area contributed by atoms with E-state index in [1.54, 1.807) is 24.5 Å². The zero-order valence-corrected chi connectivity index (χ0v) is 14.6. The normalized spacial score (nSPS) is 12.7. The van der Waals surface area contributed by atoms with Crippen LogP contribution >= 0.6 is 11.6 Å². The van der Waals surface area contributed by atoms with E-state index in [4.69, 9.17) is 21.1 Å². The Labute approximate surface area is 155 Å². The quantitative estimate of drug-likeness (QED) is 0.764. The lowest BCUT2D eigenvalue weighted by Gasteiger charge is -2.19. The molecule has 1 N–H and O–H groups in total. The molecule has 0 fully saturated rings. The average molecular weight is 370 g/mol. The van der Waals surface area contributed by atoms with Crippen LogP contribution in [0.5, 0.6) is 11.5 Å². The number of rotatable bonds is 4.